The molecule has 2 aromatic rings. The van der Waals surface area contributed by atoms with Crippen molar-refractivity contribution in [2.75, 3.05) is 13.3 Å². The van der Waals surface area contributed by atoms with Crippen LogP contribution in [-0.2, 0) is 9.84 Å². The Morgan fingerprint density at radius 2 is 1.60 bits per heavy atom. The van der Waals surface area contributed by atoms with Gasteiger partial charge >= 0.3 is 5.97 Å². The number of carboxylic acid groups (broad SMARTS) is 1. The van der Waals surface area contributed by atoms with Crippen molar-refractivity contribution >= 4 is 21.7 Å². The van der Waals surface area contributed by atoms with Gasteiger partial charge in [-0.2, -0.15) is 0 Å². The van der Waals surface area contributed by atoms with Crippen LogP contribution >= 0.6 is 0 Å². The lowest BCUT2D eigenvalue weighted by molar-refractivity contribution is 0.0684. The molecule has 0 spiro atoms. The van der Waals surface area contributed by atoms with E-state index in [2.05, 4.69) is 9.97 Å². The number of rotatable bonds is 5. The summed E-state index contributed by atoms with van der Waals surface area (Å²) in [6, 6.07) is 5.91. The SMILES string of the molecule is CC(c1ccc(S(C)(=O)=O)cc1)N(C)C(=O)c1cnc(C(=O)O)cn1. The monoisotopic (exact) mass is 363 g/mol. The number of aromatic carboxylic acids is 1. The molecule has 0 saturated heterocycles. The number of aromatic nitrogens is 2. The summed E-state index contributed by atoms with van der Waals surface area (Å²) >= 11 is 0. The van der Waals surface area contributed by atoms with Gasteiger partial charge in [-0.05, 0) is 24.6 Å². The number of nitrogens with zero attached hydrogens (tertiary/aromatic N) is 3. The van der Waals surface area contributed by atoms with Crippen LogP contribution in [0.2, 0.25) is 0 Å². The van der Waals surface area contributed by atoms with Gasteiger partial charge in [-0.25, -0.2) is 23.2 Å². The summed E-state index contributed by atoms with van der Waals surface area (Å²) in [5.74, 6) is -1.65. The largest absolute Gasteiger partial charge is 0.476 e. The van der Waals surface area contributed by atoms with Crippen LogP contribution < -0.4 is 0 Å². The molecule has 2 rings (SSSR count). The van der Waals surface area contributed by atoms with Crippen LogP contribution in [0.4, 0.5) is 0 Å². The first kappa shape index (κ1) is 18.5. The van der Waals surface area contributed by atoms with E-state index in [4.69, 9.17) is 5.11 Å². The quantitative estimate of drug-likeness (QED) is 0.853. The van der Waals surface area contributed by atoms with Crippen molar-refractivity contribution < 1.29 is 23.1 Å². The minimum absolute atomic E-state index is 0.0205. The zero-order chi connectivity index (χ0) is 18.8. The van der Waals surface area contributed by atoms with Crippen LogP contribution in [0.5, 0.6) is 0 Å². The number of amides is 1. The molecule has 132 valence electrons. The van der Waals surface area contributed by atoms with Crippen LogP contribution in [0.25, 0.3) is 0 Å². The minimum Gasteiger partial charge on any atom is -0.476 e. The van der Waals surface area contributed by atoms with Gasteiger partial charge in [-0.3, -0.25) is 4.79 Å². The first-order chi connectivity index (χ1) is 11.6. The third kappa shape index (κ3) is 4.18. The predicted molar refractivity (Wildman–Crippen MR) is 89.1 cm³/mol. The van der Waals surface area contributed by atoms with E-state index < -0.39 is 21.7 Å². The maximum atomic E-state index is 12.4. The third-order valence-corrected chi connectivity index (χ3v) is 4.91. The highest BCUT2D eigenvalue weighted by Crippen LogP contribution is 2.22. The number of hydrogen-bond donors (Lipinski definition) is 1. The summed E-state index contributed by atoms with van der Waals surface area (Å²) < 4.78 is 23.0. The molecule has 1 aromatic heterocycles. The lowest BCUT2D eigenvalue weighted by Gasteiger charge is -2.25. The van der Waals surface area contributed by atoms with Gasteiger partial charge in [-0.1, -0.05) is 12.1 Å². The van der Waals surface area contributed by atoms with E-state index in [0.717, 1.165) is 24.2 Å². The molecule has 1 heterocycles. The summed E-state index contributed by atoms with van der Waals surface area (Å²) in [4.78, 5) is 32.3. The van der Waals surface area contributed by atoms with Crippen molar-refractivity contribution in [3.63, 3.8) is 0 Å². The molecule has 9 heteroatoms. The van der Waals surface area contributed by atoms with Gasteiger partial charge in [0.1, 0.15) is 5.69 Å². The highest BCUT2D eigenvalue weighted by atomic mass is 32.2. The van der Waals surface area contributed by atoms with Crippen LogP contribution in [0.1, 0.15) is 39.5 Å². The van der Waals surface area contributed by atoms with E-state index in [9.17, 15) is 18.0 Å². The second kappa shape index (κ2) is 6.98. The summed E-state index contributed by atoms with van der Waals surface area (Å²) in [7, 11) is -1.71. The lowest BCUT2D eigenvalue weighted by atomic mass is 10.1. The van der Waals surface area contributed by atoms with E-state index >= 15 is 0 Å². The number of carbonyl (C=O) groups excluding carboxylic acids is 1. The van der Waals surface area contributed by atoms with Crippen molar-refractivity contribution in [3.05, 3.63) is 53.6 Å². The summed E-state index contributed by atoms with van der Waals surface area (Å²) in [5, 5.41) is 8.80. The Balaban J connectivity index is 2.19. The Kier molecular flexibility index (Phi) is 5.17. The van der Waals surface area contributed by atoms with Crippen molar-refractivity contribution in [1.82, 2.24) is 14.9 Å². The van der Waals surface area contributed by atoms with Gasteiger partial charge < -0.3 is 10.0 Å². The molecule has 0 fully saturated rings. The average molecular weight is 363 g/mol. The molecule has 0 aliphatic rings. The molecule has 1 unspecified atom stereocenters. The zero-order valence-corrected chi connectivity index (χ0v) is 14.7. The molecule has 0 aliphatic carbocycles. The van der Waals surface area contributed by atoms with Gasteiger partial charge in [0.2, 0.25) is 0 Å². The number of sulfone groups is 1. The van der Waals surface area contributed by atoms with Crippen LogP contribution in [-0.4, -0.2) is 53.6 Å². The lowest BCUT2D eigenvalue weighted by Crippen LogP contribution is -2.30. The molecule has 1 aromatic carbocycles. The Bertz CT molecular complexity index is 892. The molecular formula is C16H17N3O5S. The summed E-state index contributed by atoms with van der Waals surface area (Å²) in [6.45, 7) is 1.78. The standard InChI is InChI=1S/C16H17N3O5S/c1-10(11-4-6-12(7-5-11)25(3,23)24)19(2)15(20)13-8-18-14(9-17-13)16(21)22/h4-10H,1-3H3,(H,21,22). The van der Waals surface area contributed by atoms with E-state index in [1.54, 1.807) is 26.1 Å². The molecule has 0 bridgehead atoms. The maximum absolute atomic E-state index is 12.4. The van der Waals surface area contributed by atoms with Crippen molar-refractivity contribution in [2.45, 2.75) is 17.9 Å². The fourth-order valence-electron chi connectivity index (χ4n) is 2.12. The van der Waals surface area contributed by atoms with Gasteiger partial charge in [0, 0.05) is 13.3 Å². The molecule has 25 heavy (non-hydrogen) atoms. The van der Waals surface area contributed by atoms with Gasteiger partial charge in [0.05, 0.1) is 23.3 Å². The van der Waals surface area contributed by atoms with Crippen LogP contribution in [0, 0.1) is 0 Å². The number of benzene rings is 1. The Labute approximate surface area is 145 Å². The highest BCUT2D eigenvalue weighted by Gasteiger charge is 2.21. The van der Waals surface area contributed by atoms with E-state index in [1.165, 1.54) is 17.0 Å². The van der Waals surface area contributed by atoms with E-state index in [0.29, 0.717) is 0 Å². The predicted octanol–water partition coefficient (Wildman–Crippen LogP) is 1.41. The Hall–Kier alpha value is -2.81. The number of carboxylic acids is 1. The number of hydrogen-bond acceptors (Lipinski definition) is 6. The first-order valence-electron chi connectivity index (χ1n) is 7.23. The Morgan fingerprint density at radius 3 is 2.04 bits per heavy atom. The minimum atomic E-state index is -3.28. The molecule has 8 nitrogen and oxygen atoms in total. The second-order valence-corrected chi connectivity index (χ2v) is 7.54. The van der Waals surface area contributed by atoms with E-state index in [1.807, 2.05) is 0 Å². The van der Waals surface area contributed by atoms with Gasteiger partial charge in [0.15, 0.2) is 15.5 Å². The molecule has 1 atom stereocenters. The highest BCUT2D eigenvalue weighted by molar-refractivity contribution is 7.90. The average Bonchev–Trinajstić information content (AvgIpc) is 2.59. The van der Waals surface area contributed by atoms with Crippen LogP contribution in [0.3, 0.4) is 0 Å². The third-order valence-electron chi connectivity index (χ3n) is 3.78. The second-order valence-electron chi connectivity index (χ2n) is 5.53. The van der Waals surface area contributed by atoms with E-state index in [-0.39, 0.29) is 22.3 Å². The summed E-state index contributed by atoms with van der Waals surface area (Å²) in [5.41, 5.74) is 0.522. The normalized spacial score (nSPS) is 12.4. The molecular weight excluding hydrogens is 346 g/mol. The smallest absolute Gasteiger partial charge is 0.356 e. The fourth-order valence-corrected chi connectivity index (χ4v) is 2.75. The molecule has 1 N–H and O–H groups in total. The van der Waals surface area contributed by atoms with Crippen molar-refractivity contribution in [3.8, 4) is 0 Å². The molecule has 0 radical (unpaired) electrons. The van der Waals surface area contributed by atoms with Crippen molar-refractivity contribution in [1.29, 1.82) is 0 Å². The summed E-state index contributed by atoms with van der Waals surface area (Å²) in [6.07, 6.45) is 3.26. The maximum Gasteiger partial charge on any atom is 0.356 e. The van der Waals surface area contributed by atoms with Gasteiger partial charge in [0.25, 0.3) is 5.91 Å². The molecule has 0 saturated carbocycles. The number of carbonyl (C=O) groups is 2. The zero-order valence-electron chi connectivity index (χ0n) is 13.9. The molecule has 1 amide bonds. The first-order valence-corrected chi connectivity index (χ1v) is 9.13. The van der Waals surface area contributed by atoms with Crippen LogP contribution in [0.15, 0.2) is 41.6 Å². The Morgan fingerprint density at radius 1 is 1.08 bits per heavy atom. The topological polar surface area (TPSA) is 118 Å². The fraction of sp³-hybridized carbons (Fsp3) is 0.250. The molecule has 0 aliphatic heterocycles. The van der Waals surface area contributed by atoms with Crippen molar-refractivity contribution in [2.24, 2.45) is 0 Å². The van der Waals surface area contributed by atoms with Gasteiger partial charge in [-0.15, -0.1) is 0 Å².